The Kier molecular flexibility index (Phi) is 4.69. The SMILES string of the molecule is CN=C(NCc1ncc(C)c(OC)c1C)N1CCc2ccccc21. The molecule has 0 atom stereocenters. The van der Waals surface area contributed by atoms with Gasteiger partial charge in [0.2, 0.25) is 0 Å². The van der Waals surface area contributed by atoms with Gasteiger partial charge in [0.25, 0.3) is 0 Å². The number of rotatable bonds is 3. The predicted octanol–water partition coefficient (Wildman–Crippen LogP) is 2.85. The zero-order chi connectivity index (χ0) is 17.1. The zero-order valence-electron chi connectivity index (χ0n) is 14.8. The molecule has 0 saturated heterocycles. The second-order valence-corrected chi connectivity index (χ2v) is 5.98. The molecule has 24 heavy (non-hydrogen) atoms. The molecule has 0 fully saturated rings. The number of anilines is 1. The van der Waals surface area contributed by atoms with Gasteiger partial charge < -0.3 is 15.0 Å². The van der Waals surface area contributed by atoms with Crippen LogP contribution in [0.25, 0.3) is 0 Å². The number of nitrogens with one attached hydrogen (secondary N) is 1. The summed E-state index contributed by atoms with van der Waals surface area (Å²) in [5.74, 6) is 1.78. The third kappa shape index (κ3) is 2.94. The van der Waals surface area contributed by atoms with Crippen molar-refractivity contribution < 1.29 is 4.74 Å². The molecule has 126 valence electrons. The van der Waals surface area contributed by atoms with Crippen LogP contribution in [0.4, 0.5) is 5.69 Å². The van der Waals surface area contributed by atoms with Crippen molar-refractivity contribution in [3.05, 3.63) is 52.8 Å². The van der Waals surface area contributed by atoms with Gasteiger partial charge in [-0.3, -0.25) is 9.98 Å². The van der Waals surface area contributed by atoms with E-state index in [-0.39, 0.29) is 0 Å². The molecule has 0 radical (unpaired) electrons. The third-order valence-corrected chi connectivity index (χ3v) is 4.52. The highest BCUT2D eigenvalue weighted by Crippen LogP contribution is 2.28. The predicted molar refractivity (Wildman–Crippen MR) is 98.0 cm³/mol. The van der Waals surface area contributed by atoms with Crippen LogP contribution in [-0.2, 0) is 13.0 Å². The van der Waals surface area contributed by atoms with Crippen molar-refractivity contribution >= 4 is 11.6 Å². The minimum Gasteiger partial charge on any atom is -0.496 e. The van der Waals surface area contributed by atoms with Crippen LogP contribution < -0.4 is 15.0 Å². The third-order valence-electron chi connectivity index (χ3n) is 4.52. The number of benzene rings is 1. The highest BCUT2D eigenvalue weighted by molar-refractivity contribution is 5.97. The van der Waals surface area contributed by atoms with E-state index in [9.17, 15) is 0 Å². The maximum atomic E-state index is 5.49. The van der Waals surface area contributed by atoms with Gasteiger partial charge in [0.1, 0.15) is 5.75 Å². The number of aryl methyl sites for hydroxylation is 1. The van der Waals surface area contributed by atoms with Crippen molar-refractivity contribution in [3.8, 4) is 5.75 Å². The summed E-state index contributed by atoms with van der Waals surface area (Å²) in [7, 11) is 3.52. The normalized spacial score (nSPS) is 13.8. The standard InChI is InChI=1S/C19H24N4O/c1-13-11-21-16(14(2)18(13)24-4)12-22-19(20-3)23-10-9-15-7-5-6-8-17(15)23/h5-8,11H,9-10,12H2,1-4H3,(H,20,22). The van der Waals surface area contributed by atoms with Crippen molar-refractivity contribution in [1.82, 2.24) is 10.3 Å². The first-order chi connectivity index (χ1) is 11.7. The molecule has 1 aromatic carbocycles. The van der Waals surface area contributed by atoms with Crippen LogP contribution in [0.15, 0.2) is 35.5 Å². The van der Waals surface area contributed by atoms with E-state index in [1.165, 1.54) is 11.3 Å². The Balaban J connectivity index is 1.77. The van der Waals surface area contributed by atoms with Gasteiger partial charge in [0.15, 0.2) is 5.96 Å². The molecule has 0 saturated carbocycles. The summed E-state index contributed by atoms with van der Waals surface area (Å²) < 4.78 is 5.49. The molecule has 5 nitrogen and oxygen atoms in total. The van der Waals surface area contributed by atoms with Crippen LogP contribution >= 0.6 is 0 Å². The summed E-state index contributed by atoms with van der Waals surface area (Å²) in [4.78, 5) is 11.2. The quantitative estimate of drug-likeness (QED) is 0.697. The molecule has 0 amide bonds. The van der Waals surface area contributed by atoms with Gasteiger partial charge in [0, 0.05) is 36.6 Å². The fraction of sp³-hybridized carbons (Fsp3) is 0.368. The molecule has 1 N–H and O–H groups in total. The molecule has 2 aromatic rings. The largest absolute Gasteiger partial charge is 0.496 e. The lowest BCUT2D eigenvalue weighted by atomic mass is 10.1. The number of aliphatic imine (C=N–C) groups is 1. The lowest BCUT2D eigenvalue weighted by Crippen LogP contribution is -2.40. The number of hydrogen-bond donors (Lipinski definition) is 1. The Labute approximate surface area is 143 Å². The van der Waals surface area contributed by atoms with E-state index in [0.717, 1.165) is 41.5 Å². The van der Waals surface area contributed by atoms with Crippen LogP contribution in [-0.4, -0.2) is 31.6 Å². The van der Waals surface area contributed by atoms with Crippen LogP contribution in [0.5, 0.6) is 5.75 Å². The van der Waals surface area contributed by atoms with Gasteiger partial charge in [-0.05, 0) is 31.9 Å². The number of guanidine groups is 1. The van der Waals surface area contributed by atoms with Crippen molar-refractivity contribution in [3.63, 3.8) is 0 Å². The average Bonchev–Trinajstić information content (AvgIpc) is 3.02. The van der Waals surface area contributed by atoms with Gasteiger partial charge in [0.05, 0.1) is 19.3 Å². The molecule has 2 heterocycles. The molecule has 0 unspecified atom stereocenters. The molecule has 0 spiro atoms. The summed E-state index contributed by atoms with van der Waals surface area (Å²) in [5, 5.41) is 3.44. The average molecular weight is 324 g/mol. The maximum absolute atomic E-state index is 5.49. The number of ether oxygens (including phenoxy) is 1. The van der Waals surface area contributed by atoms with Gasteiger partial charge in [-0.2, -0.15) is 0 Å². The Bertz CT molecular complexity index is 770. The summed E-state index contributed by atoms with van der Waals surface area (Å²) in [6, 6.07) is 8.48. The molecule has 0 bridgehead atoms. The van der Waals surface area contributed by atoms with Gasteiger partial charge in [-0.1, -0.05) is 18.2 Å². The molecule has 5 heteroatoms. The summed E-state index contributed by atoms with van der Waals surface area (Å²) in [6.45, 7) is 5.62. The Morgan fingerprint density at radius 2 is 2.12 bits per heavy atom. The molecular weight excluding hydrogens is 300 g/mol. The summed E-state index contributed by atoms with van der Waals surface area (Å²) in [6.07, 6.45) is 2.91. The number of fused-ring (bicyclic) bond motifs is 1. The fourth-order valence-corrected chi connectivity index (χ4v) is 3.27. The zero-order valence-corrected chi connectivity index (χ0v) is 14.8. The first-order valence-corrected chi connectivity index (χ1v) is 8.21. The van der Waals surface area contributed by atoms with Crippen LogP contribution in [0.3, 0.4) is 0 Å². The number of para-hydroxylation sites is 1. The number of pyridine rings is 1. The number of hydrogen-bond acceptors (Lipinski definition) is 3. The lowest BCUT2D eigenvalue weighted by molar-refractivity contribution is 0.406. The van der Waals surface area contributed by atoms with E-state index in [1.807, 2.05) is 27.1 Å². The van der Waals surface area contributed by atoms with Gasteiger partial charge in [-0.15, -0.1) is 0 Å². The van der Waals surface area contributed by atoms with Gasteiger partial charge >= 0.3 is 0 Å². The number of nitrogens with zero attached hydrogens (tertiary/aromatic N) is 3. The second-order valence-electron chi connectivity index (χ2n) is 5.98. The van der Waals surface area contributed by atoms with Crippen molar-refractivity contribution in [2.75, 3.05) is 25.6 Å². The van der Waals surface area contributed by atoms with E-state index in [0.29, 0.717) is 6.54 Å². The van der Waals surface area contributed by atoms with Crippen molar-refractivity contribution in [2.24, 2.45) is 4.99 Å². The first kappa shape index (κ1) is 16.3. The van der Waals surface area contributed by atoms with E-state index >= 15 is 0 Å². The summed E-state index contributed by atoms with van der Waals surface area (Å²) >= 11 is 0. The molecule has 1 aliphatic rings. The number of aromatic nitrogens is 1. The molecule has 3 rings (SSSR count). The Morgan fingerprint density at radius 3 is 2.88 bits per heavy atom. The van der Waals surface area contributed by atoms with Crippen LogP contribution in [0, 0.1) is 13.8 Å². The van der Waals surface area contributed by atoms with Crippen molar-refractivity contribution in [1.29, 1.82) is 0 Å². The highest BCUT2D eigenvalue weighted by Gasteiger charge is 2.22. The molecule has 0 aliphatic carbocycles. The summed E-state index contributed by atoms with van der Waals surface area (Å²) in [5.41, 5.74) is 5.70. The van der Waals surface area contributed by atoms with E-state index in [1.54, 1.807) is 7.11 Å². The minimum atomic E-state index is 0.619. The monoisotopic (exact) mass is 324 g/mol. The lowest BCUT2D eigenvalue weighted by Gasteiger charge is -2.22. The topological polar surface area (TPSA) is 49.8 Å². The second kappa shape index (κ2) is 6.91. The van der Waals surface area contributed by atoms with E-state index < -0.39 is 0 Å². The molecule has 1 aliphatic heterocycles. The Hall–Kier alpha value is -2.56. The fourth-order valence-electron chi connectivity index (χ4n) is 3.27. The van der Waals surface area contributed by atoms with Crippen LogP contribution in [0.1, 0.15) is 22.4 Å². The van der Waals surface area contributed by atoms with Gasteiger partial charge in [-0.25, -0.2) is 0 Å². The van der Waals surface area contributed by atoms with E-state index in [2.05, 4.69) is 44.5 Å². The highest BCUT2D eigenvalue weighted by atomic mass is 16.5. The van der Waals surface area contributed by atoms with E-state index in [4.69, 9.17) is 4.74 Å². The number of methoxy groups -OCH3 is 1. The molecular formula is C19H24N4O. The van der Waals surface area contributed by atoms with Crippen LogP contribution in [0.2, 0.25) is 0 Å². The first-order valence-electron chi connectivity index (χ1n) is 8.21. The Morgan fingerprint density at radius 1 is 1.33 bits per heavy atom. The molecule has 1 aromatic heterocycles. The smallest absolute Gasteiger partial charge is 0.198 e. The maximum Gasteiger partial charge on any atom is 0.198 e. The van der Waals surface area contributed by atoms with Crippen molar-refractivity contribution in [2.45, 2.75) is 26.8 Å². The minimum absolute atomic E-state index is 0.619.